The van der Waals surface area contributed by atoms with E-state index < -0.39 is 0 Å². The largest absolute Gasteiger partial charge is 0.496 e. The summed E-state index contributed by atoms with van der Waals surface area (Å²) in [5.74, 6) is 0.643. The molecule has 0 fully saturated rings. The molecule has 0 aliphatic carbocycles. The summed E-state index contributed by atoms with van der Waals surface area (Å²) in [6.07, 6.45) is 0. The summed E-state index contributed by atoms with van der Waals surface area (Å²) < 4.78 is 19.8. The van der Waals surface area contributed by atoms with Gasteiger partial charge in [0.1, 0.15) is 11.6 Å². The Kier molecular flexibility index (Phi) is 4.63. The zero-order chi connectivity index (χ0) is 15.6. The van der Waals surface area contributed by atoms with Gasteiger partial charge in [0.25, 0.3) is 0 Å². The van der Waals surface area contributed by atoms with E-state index in [1.807, 2.05) is 52.1 Å². The van der Waals surface area contributed by atoms with Crippen LogP contribution in [0.2, 0.25) is 0 Å². The molecule has 1 atom stereocenters. The minimum Gasteiger partial charge on any atom is -0.496 e. The third kappa shape index (κ3) is 3.08. The van der Waals surface area contributed by atoms with E-state index in [1.54, 1.807) is 13.2 Å². The highest BCUT2D eigenvalue weighted by Gasteiger charge is 2.19. The predicted octanol–water partition coefficient (Wildman–Crippen LogP) is 4.07. The molecular weight excluding hydrogens is 265 g/mol. The van der Waals surface area contributed by atoms with Crippen LogP contribution in [0.5, 0.6) is 5.75 Å². The Morgan fingerprint density at radius 3 is 2.33 bits per heavy atom. The van der Waals surface area contributed by atoms with Crippen LogP contribution in [0.1, 0.15) is 33.9 Å². The lowest BCUT2D eigenvalue weighted by atomic mass is 9.92. The van der Waals surface area contributed by atoms with Crippen LogP contribution < -0.4 is 10.1 Å². The molecule has 2 aromatic carbocycles. The molecule has 1 unspecified atom stereocenters. The molecule has 0 aliphatic heterocycles. The van der Waals surface area contributed by atoms with Gasteiger partial charge in [0.2, 0.25) is 0 Å². The molecule has 2 aromatic rings. The maximum atomic E-state index is 14.4. The topological polar surface area (TPSA) is 21.3 Å². The van der Waals surface area contributed by atoms with Gasteiger partial charge in [0.05, 0.1) is 13.2 Å². The van der Waals surface area contributed by atoms with E-state index in [1.165, 1.54) is 0 Å². The Bertz CT molecular complexity index is 629. The van der Waals surface area contributed by atoms with Gasteiger partial charge in [-0.3, -0.25) is 0 Å². The molecule has 0 spiro atoms. The number of hydrogen-bond acceptors (Lipinski definition) is 2. The second-order valence-electron chi connectivity index (χ2n) is 5.43. The minimum absolute atomic E-state index is 0.175. The first-order valence-electron chi connectivity index (χ1n) is 7.06. The SMILES string of the molecule is CNC(c1ccc(C)c(OC)c1)c1c(C)cc(C)cc1F. The van der Waals surface area contributed by atoms with Gasteiger partial charge >= 0.3 is 0 Å². The maximum absolute atomic E-state index is 14.4. The summed E-state index contributed by atoms with van der Waals surface area (Å²) in [5, 5.41) is 3.21. The third-order valence-electron chi connectivity index (χ3n) is 3.82. The van der Waals surface area contributed by atoms with Gasteiger partial charge in [-0.1, -0.05) is 18.2 Å². The van der Waals surface area contributed by atoms with E-state index in [9.17, 15) is 4.39 Å². The molecule has 0 heterocycles. The van der Waals surface area contributed by atoms with Gasteiger partial charge in [0.15, 0.2) is 0 Å². The first kappa shape index (κ1) is 15.5. The summed E-state index contributed by atoms with van der Waals surface area (Å²) in [6, 6.07) is 9.37. The van der Waals surface area contributed by atoms with E-state index in [-0.39, 0.29) is 11.9 Å². The maximum Gasteiger partial charge on any atom is 0.128 e. The molecule has 1 N–H and O–H groups in total. The van der Waals surface area contributed by atoms with Gasteiger partial charge in [-0.15, -0.1) is 0 Å². The second-order valence-corrected chi connectivity index (χ2v) is 5.43. The van der Waals surface area contributed by atoms with E-state index in [0.29, 0.717) is 5.56 Å². The van der Waals surface area contributed by atoms with Gasteiger partial charge in [-0.05, 0) is 62.2 Å². The highest BCUT2D eigenvalue weighted by Crippen LogP contribution is 2.31. The fourth-order valence-electron chi connectivity index (χ4n) is 2.79. The van der Waals surface area contributed by atoms with Gasteiger partial charge in [-0.25, -0.2) is 4.39 Å². The number of benzene rings is 2. The van der Waals surface area contributed by atoms with E-state index in [4.69, 9.17) is 4.74 Å². The van der Waals surface area contributed by atoms with Crippen LogP contribution in [0, 0.1) is 26.6 Å². The molecule has 0 aliphatic rings. The Labute approximate surface area is 126 Å². The lowest BCUT2D eigenvalue weighted by Crippen LogP contribution is -2.20. The van der Waals surface area contributed by atoms with Crippen molar-refractivity contribution in [1.29, 1.82) is 0 Å². The van der Waals surface area contributed by atoms with Crippen molar-refractivity contribution in [2.45, 2.75) is 26.8 Å². The number of hydrogen-bond donors (Lipinski definition) is 1. The van der Waals surface area contributed by atoms with Crippen LogP contribution in [0.3, 0.4) is 0 Å². The smallest absolute Gasteiger partial charge is 0.128 e. The summed E-state index contributed by atoms with van der Waals surface area (Å²) in [7, 11) is 3.49. The van der Waals surface area contributed by atoms with Gasteiger partial charge in [0, 0.05) is 5.56 Å². The van der Waals surface area contributed by atoms with Crippen molar-refractivity contribution in [3.8, 4) is 5.75 Å². The van der Waals surface area contributed by atoms with E-state index >= 15 is 0 Å². The molecule has 0 amide bonds. The second kappa shape index (κ2) is 6.27. The predicted molar refractivity (Wildman–Crippen MR) is 84.5 cm³/mol. The van der Waals surface area contributed by atoms with Crippen LogP contribution >= 0.6 is 0 Å². The lowest BCUT2D eigenvalue weighted by molar-refractivity contribution is 0.410. The van der Waals surface area contributed by atoms with Gasteiger partial charge < -0.3 is 10.1 Å². The Balaban J connectivity index is 2.55. The Hall–Kier alpha value is -1.87. The molecule has 0 saturated carbocycles. The number of rotatable bonds is 4. The highest BCUT2D eigenvalue weighted by atomic mass is 19.1. The summed E-state index contributed by atoms with van der Waals surface area (Å²) in [4.78, 5) is 0. The number of ether oxygens (including phenoxy) is 1. The minimum atomic E-state index is -0.194. The van der Waals surface area contributed by atoms with Crippen molar-refractivity contribution in [3.63, 3.8) is 0 Å². The van der Waals surface area contributed by atoms with Crippen LogP contribution in [0.25, 0.3) is 0 Å². The average Bonchev–Trinajstić information content (AvgIpc) is 2.43. The van der Waals surface area contributed by atoms with Crippen molar-refractivity contribution >= 4 is 0 Å². The first-order valence-corrected chi connectivity index (χ1v) is 7.06. The summed E-state index contributed by atoms with van der Waals surface area (Å²) in [6.45, 7) is 5.85. The molecule has 0 aromatic heterocycles. The van der Waals surface area contributed by atoms with E-state index in [0.717, 1.165) is 28.0 Å². The van der Waals surface area contributed by atoms with Gasteiger partial charge in [-0.2, -0.15) is 0 Å². The van der Waals surface area contributed by atoms with Crippen LogP contribution in [-0.2, 0) is 0 Å². The molecular formula is C18H22FNO. The fourth-order valence-corrected chi connectivity index (χ4v) is 2.79. The lowest BCUT2D eigenvalue weighted by Gasteiger charge is -2.21. The molecule has 0 bridgehead atoms. The number of methoxy groups -OCH3 is 1. The zero-order valence-electron chi connectivity index (χ0n) is 13.3. The van der Waals surface area contributed by atoms with Crippen molar-refractivity contribution in [2.75, 3.05) is 14.2 Å². The molecule has 112 valence electrons. The quantitative estimate of drug-likeness (QED) is 0.915. The Morgan fingerprint density at radius 1 is 1.05 bits per heavy atom. The average molecular weight is 287 g/mol. The number of halogens is 1. The molecule has 3 heteroatoms. The highest BCUT2D eigenvalue weighted by molar-refractivity contribution is 5.44. The molecule has 0 saturated heterocycles. The Morgan fingerprint density at radius 2 is 1.76 bits per heavy atom. The third-order valence-corrected chi connectivity index (χ3v) is 3.82. The monoisotopic (exact) mass is 287 g/mol. The van der Waals surface area contributed by atoms with Crippen molar-refractivity contribution in [2.24, 2.45) is 0 Å². The van der Waals surface area contributed by atoms with Crippen LogP contribution in [0.4, 0.5) is 4.39 Å². The normalized spacial score (nSPS) is 12.3. The molecule has 2 nitrogen and oxygen atoms in total. The molecule has 2 rings (SSSR count). The zero-order valence-corrected chi connectivity index (χ0v) is 13.3. The van der Waals surface area contributed by atoms with Crippen molar-refractivity contribution in [3.05, 3.63) is 64.0 Å². The molecule has 21 heavy (non-hydrogen) atoms. The van der Waals surface area contributed by atoms with E-state index in [2.05, 4.69) is 5.32 Å². The number of aryl methyl sites for hydroxylation is 3. The standard InChI is InChI=1S/C18H22FNO/c1-11-8-13(3)17(15(19)9-11)18(20-4)14-7-6-12(2)16(10-14)21-5/h6-10,18,20H,1-5H3. The van der Waals surface area contributed by atoms with Crippen molar-refractivity contribution < 1.29 is 9.13 Å². The van der Waals surface area contributed by atoms with Crippen LogP contribution in [0.15, 0.2) is 30.3 Å². The van der Waals surface area contributed by atoms with Crippen molar-refractivity contribution in [1.82, 2.24) is 5.32 Å². The number of nitrogens with one attached hydrogen (secondary N) is 1. The summed E-state index contributed by atoms with van der Waals surface area (Å²) in [5.41, 5.74) is 4.63. The fraction of sp³-hybridized carbons (Fsp3) is 0.333. The first-order chi connectivity index (χ1) is 9.97. The molecule has 0 radical (unpaired) electrons. The summed E-state index contributed by atoms with van der Waals surface area (Å²) >= 11 is 0. The van der Waals surface area contributed by atoms with Crippen LogP contribution in [-0.4, -0.2) is 14.2 Å².